The molecule has 1 aromatic carbocycles. The molecule has 1 aliphatic heterocycles. The highest BCUT2D eigenvalue weighted by Crippen LogP contribution is 2.18. The lowest BCUT2D eigenvalue weighted by atomic mass is 10.1. The van der Waals surface area contributed by atoms with Crippen LogP contribution in [0.25, 0.3) is 11.4 Å². The minimum atomic E-state index is 0.638. The fourth-order valence-corrected chi connectivity index (χ4v) is 2.64. The van der Waals surface area contributed by atoms with Gasteiger partial charge in [0.15, 0.2) is 0 Å². The van der Waals surface area contributed by atoms with Crippen LogP contribution in [0.5, 0.6) is 0 Å². The molecule has 0 amide bonds. The van der Waals surface area contributed by atoms with Crippen LogP contribution in [0.4, 0.5) is 0 Å². The van der Waals surface area contributed by atoms with Crippen molar-refractivity contribution in [2.24, 2.45) is 5.92 Å². The van der Waals surface area contributed by atoms with Crippen molar-refractivity contribution >= 4 is 0 Å². The molecular formula is C14H19N5O. The van der Waals surface area contributed by atoms with Crippen LogP contribution in [0, 0.1) is 5.92 Å². The van der Waals surface area contributed by atoms with E-state index in [1.165, 1.54) is 12.0 Å². The largest absolute Gasteiger partial charge is 0.381 e. The molecule has 6 nitrogen and oxygen atoms in total. The first-order valence-corrected chi connectivity index (χ1v) is 6.90. The quantitative estimate of drug-likeness (QED) is 0.890. The fraction of sp³-hybridized carbons (Fsp3) is 0.500. The number of rotatable bonds is 5. The van der Waals surface area contributed by atoms with Gasteiger partial charge in [-0.2, -0.15) is 5.21 Å². The Bertz CT molecular complexity index is 536. The van der Waals surface area contributed by atoms with Gasteiger partial charge in [0, 0.05) is 25.3 Å². The Labute approximate surface area is 118 Å². The van der Waals surface area contributed by atoms with E-state index in [0.717, 1.165) is 31.9 Å². The van der Waals surface area contributed by atoms with Gasteiger partial charge in [-0.3, -0.25) is 0 Å². The molecule has 1 saturated heterocycles. The van der Waals surface area contributed by atoms with E-state index >= 15 is 0 Å². The molecule has 1 aromatic heterocycles. The summed E-state index contributed by atoms with van der Waals surface area (Å²) in [6.45, 7) is 3.80. The number of hydrogen-bond acceptors (Lipinski definition) is 5. The van der Waals surface area contributed by atoms with Crippen LogP contribution >= 0.6 is 0 Å². The van der Waals surface area contributed by atoms with E-state index in [1.807, 2.05) is 12.1 Å². The van der Waals surface area contributed by atoms with Gasteiger partial charge < -0.3 is 9.64 Å². The number of H-pyrrole nitrogens is 1. The Kier molecular flexibility index (Phi) is 4.03. The van der Waals surface area contributed by atoms with Gasteiger partial charge in [-0.15, -0.1) is 10.2 Å². The third-order valence-electron chi connectivity index (χ3n) is 3.58. The highest BCUT2D eigenvalue weighted by atomic mass is 16.5. The van der Waals surface area contributed by atoms with E-state index in [1.54, 1.807) is 0 Å². The lowest BCUT2D eigenvalue weighted by molar-refractivity contribution is 0.173. The molecule has 1 atom stereocenters. The predicted molar refractivity (Wildman–Crippen MR) is 74.9 cm³/mol. The monoisotopic (exact) mass is 273 g/mol. The molecule has 2 aromatic rings. The van der Waals surface area contributed by atoms with Gasteiger partial charge in [0.25, 0.3) is 0 Å². The van der Waals surface area contributed by atoms with E-state index in [4.69, 9.17) is 4.74 Å². The highest BCUT2D eigenvalue weighted by Gasteiger charge is 2.17. The molecule has 0 saturated carbocycles. The number of ether oxygens (including phenoxy) is 1. The standard InChI is InChI=1S/C14H19N5O/c1-19(9-12-5-6-20-10-12)8-11-3-2-4-13(7-11)14-15-17-18-16-14/h2-4,7,12H,5-6,8-10H2,1H3,(H,15,16,17,18)/t12-/m0/s1. The maximum atomic E-state index is 5.42. The Balaban J connectivity index is 1.63. The molecule has 1 aliphatic rings. The van der Waals surface area contributed by atoms with Crippen LogP contribution in [0.3, 0.4) is 0 Å². The number of hydrogen-bond donors (Lipinski definition) is 1. The van der Waals surface area contributed by atoms with Gasteiger partial charge in [0.2, 0.25) is 5.82 Å². The van der Waals surface area contributed by atoms with Crippen molar-refractivity contribution in [3.05, 3.63) is 29.8 Å². The number of aromatic nitrogens is 4. The molecule has 2 heterocycles. The van der Waals surface area contributed by atoms with Crippen molar-refractivity contribution in [2.75, 3.05) is 26.8 Å². The Morgan fingerprint density at radius 3 is 3.15 bits per heavy atom. The summed E-state index contributed by atoms with van der Waals surface area (Å²) in [6, 6.07) is 8.28. The molecule has 1 fully saturated rings. The summed E-state index contributed by atoms with van der Waals surface area (Å²) in [5, 5.41) is 14.1. The summed E-state index contributed by atoms with van der Waals surface area (Å²) < 4.78 is 5.42. The first-order chi connectivity index (χ1) is 9.81. The summed E-state index contributed by atoms with van der Waals surface area (Å²) in [7, 11) is 2.15. The SMILES string of the molecule is CN(Cc1cccc(-c2nn[nH]n2)c1)C[C@@H]1CCOC1. The van der Waals surface area contributed by atoms with Crippen molar-refractivity contribution in [3.8, 4) is 11.4 Å². The van der Waals surface area contributed by atoms with Crippen LogP contribution in [-0.4, -0.2) is 52.3 Å². The number of tetrazole rings is 1. The highest BCUT2D eigenvalue weighted by molar-refractivity contribution is 5.54. The molecular weight excluding hydrogens is 254 g/mol. The van der Waals surface area contributed by atoms with E-state index in [9.17, 15) is 0 Å². The van der Waals surface area contributed by atoms with Gasteiger partial charge in [-0.25, -0.2) is 0 Å². The summed E-state index contributed by atoms with van der Waals surface area (Å²) in [6.07, 6.45) is 1.17. The maximum absolute atomic E-state index is 5.42. The van der Waals surface area contributed by atoms with Crippen molar-refractivity contribution in [3.63, 3.8) is 0 Å². The summed E-state index contributed by atoms with van der Waals surface area (Å²) >= 11 is 0. The number of nitrogens with one attached hydrogen (secondary N) is 1. The smallest absolute Gasteiger partial charge is 0.204 e. The minimum absolute atomic E-state index is 0.638. The van der Waals surface area contributed by atoms with E-state index in [2.05, 4.69) is 44.7 Å². The predicted octanol–water partition coefficient (Wildman–Crippen LogP) is 1.33. The van der Waals surface area contributed by atoms with Crippen molar-refractivity contribution in [1.29, 1.82) is 0 Å². The first-order valence-electron chi connectivity index (χ1n) is 6.90. The molecule has 0 spiro atoms. The van der Waals surface area contributed by atoms with Crippen molar-refractivity contribution in [1.82, 2.24) is 25.5 Å². The third-order valence-corrected chi connectivity index (χ3v) is 3.58. The van der Waals surface area contributed by atoms with Crippen LogP contribution in [0.1, 0.15) is 12.0 Å². The normalized spacial score (nSPS) is 18.8. The Hall–Kier alpha value is -1.79. The second-order valence-corrected chi connectivity index (χ2v) is 5.36. The van der Waals surface area contributed by atoms with E-state index in [-0.39, 0.29) is 0 Å². The maximum Gasteiger partial charge on any atom is 0.204 e. The zero-order chi connectivity index (χ0) is 13.8. The zero-order valence-corrected chi connectivity index (χ0v) is 11.6. The first kappa shape index (κ1) is 13.2. The molecule has 0 bridgehead atoms. The van der Waals surface area contributed by atoms with Gasteiger partial charge in [0.05, 0.1) is 6.61 Å². The number of nitrogens with zero attached hydrogens (tertiary/aromatic N) is 4. The van der Waals surface area contributed by atoms with Gasteiger partial charge in [-0.05, 0) is 36.2 Å². The summed E-state index contributed by atoms with van der Waals surface area (Å²) in [5.41, 5.74) is 2.25. The average molecular weight is 273 g/mol. The number of benzene rings is 1. The third kappa shape index (κ3) is 3.20. The topological polar surface area (TPSA) is 66.9 Å². The van der Waals surface area contributed by atoms with Gasteiger partial charge >= 0.3 is 0 Å². The van der Waals surface area contributed by atoms with E-state index in [0.29, 0.717) is 11.7 Å². The van der Waals surface area contributed by atoms with Crippen molar-refractivity contribution in [2.45, 2.75) is 13.0 Å². The molecule has 3 rings (SSSR count). The second kappa shape index (κ2) is 6.11. The Morgan fingerprint density at radius 2 is 2.40 bits per heavy atom. The second-order valence-electron chi connectivity index (χ2n) is 5.36. The van der Waals surface area contributed by atoms with Gasteiger partial charge in [0.1, 0.15) is 0 Å². The molecule has 0 unspecified atom stereocenters. The summed E-state index contributed by atoms with van der Waals surface area (Å²) in [4.78, 5) is 2.34. The molecule has 0 radical (unpaired) electrons. The van der Waals surface area contributed by atoms with Crippen LogP contribution in [-0.2, 0) is 11.3 Å². The average Bonchev–Trinajstić information content (AvgIpc) is 3.11. The zero-order valence-electron chi connectivity index (χ0n) is 11.6. The lowest BCUT2D eigenvalue weighted by Gasteiger charge is -2.20. The van der Waals surface area contributed by atoms with Crippen LogP contribution in [0.15, 0.2) is 24.3 Å². The summed E-state index contributed by atoms with van der Waals surface area (Å²) in [5.74, 6) is 1.30. The lowest BCUT2D eigenvalue weighted by Crippen LogP contribution is -2.25. The molecule has 1 N–H and O–H groups in total. The molecule has 0 aliphatic carbocycles. The fourth-order valence-electron chi connectivity index (χ4n) is 2.64. The Morgan fingerprint density at radius 1 is 1.45 bits per heavy atom. The van der Waals surface area contributed by atoms with Gasteiger partial charge in [-0.1, -0.05) is 18.2 Å². The minimum Gasteiger partial charge on any atom is -0.381 e. The molecule has 106 valence electrons. The number of aromatic amines is 1. The van der Waals surface area contributed by atoms with Crippen molar-refractivity contribution < 1.29 is 4.74 Å². The van der Waals surface area contributed by atoms with Crippen LogP contribution in [0.2, 0.25) is 0 Å². The van der Waals surface area contributed by atoms with E-state index < -0.39 is 0 Å². The molecule has 20 heavy (non-hydrogen) atoms. The van der Waals surface area contributed by atoms with Crippen LogP contribution < -0.4 is 0 Å². The molecule has 6 heteroatoms.